The summed E-state index contributed by atoms with van der Waals surface area (Å²) in [5, 5.41) is 4.20. The fourth-order valence-electron chi connectivity index (χ4n) is 3.28. The zero-order valence-electron chi connectivity index (χ0n) is 13.7. The van der Waals surface area contributed by atoms with Crippen LogP contribution in [0.3, 0.4) is 0 Å². The highest BCUT2D eigenvalue weighted by Crippen LogP contribution is 2.25. The SMILES string of the molecule is CN1CCC(NC(=O)c2ccc(-c3ccc4occc4c3)cc2)C1. The predicted octanol–water partition coefficient (Wildman–Crippen LogP) is 3.53. The van der Waals surface area contributed by atoms with Crippen molar-refractivity contribution in [2.75, 3.05) is 20.1 Å². The summed E-state index contributed by atoms with van der Waals surface area (Å²) < 4.78 is 5.37. The molecule has 122 valence electrons. The summed E-state index contributed by atoms with van der Waals surface area (Å²) in [6.07, 6.45) is 2.72. The summed E-state index contributed by atoms with van der Waals surface area (Å²) in [5.41, 5.74) is 3.80. The number of nitrogens with zero attached hydrogens (tertiary/aromatic N) is 1. The Labute approximate surface area is 141 Å². The lowest BCUT2D eigenvalue weighted by Crippen LogP contribution is -2.36. The number of nitrogens with one attached hydrogen (secondary N) is 1. The van der Waals surface area contributed by atoms with E-state index in [9.17, 15) is 4.79 Å². The summed E-state index contributed by atoms with van der Waals surface area (Å²) in [6, 6.07) is 16.1. The van der Waals surface area contributed by atoms with Crippen LogP contribution in [0, 0.1) is 0 Å². The number of amides is 1. The van der Waals surface area contributed by atoms with Crippen LogP contribution in [0.2, 0.25) is 0 Å². The molecular formula is C20H20N2O2. The van der Waals surface area contributed by atoms with Crippen molar-refractivity contribution in [1.29, 1.82) is 0 Å². The van der Waals surface area contributed by atoms with E-state index in [-0.39, 0.29) is 11.9 Å². The van der Waals surface area contributed by atoms with Crippen LogP contribution in [0.4, 0.5) is 0 Å². The number of benzene rings is 2. The van der Waals surface area contributed by atoms with Gasteiger partial charge in [0.05, 0.1) is 6.26 Å². The number of carbonyl (C=O) groups is 1. The molecular weight excluding hydrogens is 300 g/mol. The smallest absolute Gasteiger partial charge is 0.251 e. The van der Waals surface area contributed by atoms with E-state index < -0.39 is 0 Å². The van der Waals surface area contributed by atoms with E-state index in [1.54, 1.807) is 6.26 Å². The summed E-state index contributed by atoms with van der Waals surface area (Å²) in [7, 11) is 2.08. The lowest BCUT2D eigenvalue weighted by Gasteiger charge is -2.13. The molecule has 3 aromatic rings. The monoisotopic (exact) mass is 320 g/mol. The van der Waals surface area contributed by atoms with Gasteiger partial charge >= 0.3 is 0 Å². The average molecular weight is 320 g/mol. The minimum atomic E-state index is 0.00661. The van der Waals surface area contributed by atoms with Gasteiger partial charge in [-0.3, -0.25) is 4.79 Å². The van der Waals surface area contributed by atoms with Crippen molar-refractivity contribution in [2.45, 2.75) is 12.5 Å². The van der Waals surface area contributed by atoms with Crippen molar-refractivity contribution < 1.29 is 9.21 Å². The van der Waals surface area contributed by atoms with Gasteiger partial charge in [-0.2, -0.15) is 0 Å². The number of likely N-dealkylation sites (tertiary alicyclic amines) is 1. The molecule has 4 heteroatoms. The Morgan fingerprint density at radius 3 is 2.67 bits per heavy atom. The molecule has 4 rings (SSSR count). The Kier molecular flexibility index (Phi) is 3.82. The number of carbonyl (C=O) groups excluding carboxylic acids is 1. The highest BCUT2D eigenvalue weighted by molar-refractivity contribution is 5.95. The third kappa shape index (κ3) is 2.93. The van der Waals surface area contributed by atoms with Crippen LogP contribution in [0.5, 0.6) is 0 Å². The molecule has 1 aliphatic rings. The van der Waals surface area contributed by atoms with Crippen molar-refractivity contribution in [3.8, 4) is 11.1 Å². The molecule has 24 heavy (non-hydrogen) atoms. The van der Waals surface area contributed by atoms with Gasteiger partial charge in [0.25, 0.3) is 5.91 Å². The standard InChI is InChI=1S/C20H20N2O2/c1-22-10-8-18(13-22)21-20(23)15-4-2-14(3-5-15)16-6-7-19-17(12-16)9-11-24-19/h2-7,9,11-12,18H,8,10,13H2,1H3,(H,21,23). The molecule has 0 radical (unpaired) electrons. The molecule has 1 aromatic heterocycles. The molecule has 0 spiro atoms. The lowest BCUT2D eigenvalue weighted by atomic mass is 10.0. The topological polar surface area (TPSA) is 45.5 Å². The molecule has 1 fully saturated rings. The molecule has 1 amide bonds. The fraction of sp³-hybridized carbons (Fsp3) is 0.250. The molecule has 1 aliphatic heterocycles. The van der Waals surface area contributed by atoms with Gasteiger partial charge in [-0.25, -0.2) is 0 Å². The maximum atomic E-state index is 12.4. The van der Waals surface area contributed by atoms with Gasteiger partial charge in [0, 0.05) is 23.5 Å². The highest BCUT2D eigenvalue weighted by atomic mass is 16.3. The number of furan rings is 1. The van der Waals surface area contributed by atoms with Crippen molar-refractivity contribution >= 4 is 16.9 Å². The first-order valence-electron chi connectivity index (χ1n) is 8.26. The maximum Gasteiger partial charge on any atom is 0.251 e. The molecule has 0 saturated carbocycles. The molecule has 4 nitrogen and oxygen atoms in total. The first kappa shape index (κ1) is 15.0. The zero-order valence-corrected chi connectivity index (χ0v) is 13.7. The molecule has 1 N–H and O–H groups in total. The van der Waals surface area contributed by atoms with E-state index in [0.29, 0.717) is 5.56 Å². The predicted molar refractivity (Wildman–Crippen MR) is 95.0 cm³/mol. The Balaban J connectivity index is 1.50. The van der Waals surface area contributed by atoms with E-state index in [0.717, 1.165) is 41.6 Å². The summed E-state index contributed by atoms with van der Waals surface area (Å²) in [5.74, 6) is 0.00661. The normalized spacial score (nSPS) is 18.1. The average Bonchev–Trinajstić information content (AvgIpc) is 3.23. The van der Waals surface area contributed by atoms with E-state index in [1.165, 1.54) is 0 Å². The van der Waals surface area contributed by atoms with Crippen LogP contribution in [0.1, 0.15) is 16.8 Å². The van der Waals surface area contributed by atoms with Gasteiger partial charge < -0.3 is 14.6 Å². The van der Waals surface area contributed by atoms with E-state index in [2.05, 4.69) is 23.3 Å². The molecule has 1 unspecified atom stereocenters. The molecule has 0 aliphatic carbocycles. The number of fused-ring (bicyclic) bond motifs is 1. The number of hydrogen-bond acceptors (Lipinski definition) is 3. The summed E-state index contributed by atoms with van der Waals surface area (Å²) in [4.78, 5) is 14.6. The van der Waals surface area contributed by atoms with Gasteiger partial charge in [0.15, 0.2) is 0 Å². The lowest BCUT2D eigenvalue weighted by molar-refractivity contribution is 0.0938. The molecule has 0 bridgehead atoms. The Hall–Kier alpha value is -2.59. The van der Waals surface area contributed by atoms with E-state index in [4.69, 9.17) is 4.42 Å². The van der Waals surface area contributed by atoms with Crippen LogP contribution in [0.15, 0.2) is 59.2 Å². The second kappa shape index (κ2) is 6.13. The minimum Gasteiger partial charge on any atom is -0.464 e. The van der Waals surface area contributed by atoms with Crippen molar-refractivity contribution in [2.24, 2.45) is 0 Å². The third-order valence-electron chi connectivity index (χ3n) is 4.66. The Morgan fingerprint density at radius 2 is 1.92 bits per heavy atom. The van der Waals surface area contributed by atoms with Crippen molar-refractivity contribution in [3.05, 3.63) is 60.4 Å². The third-order valence-corrected chi connectivity index (χ3v) is 4.66. The van der Waals surface area contributed by atoms with Gasteiger partial charge in [-0.1, -0.05) is 18.2 Å². The Morgan fingerprint density at radius 1 is 1.12 bits per heavy atom. The van der Waals surface area contributed by atoms with Crippen LogP contribution in [-0.2, 0) is 0 Å². The molecule has 2 aromatic carbocycles. The van der Waals surface area contributed by atoms with Gasteiger partial charge in [0.2, 0.25) is 0 Å². The van der Waals surface area contributed by atoms with Crippen LogP contribution < -0.4 is 5.32 Å². The van der Waals surface area contributed by atoms with Crippen LogP contribution in [-0.4, -0.2) is 37.0 Å². The quantitative estimate of drug-likeness (QED) is 0.803. The van der Waals surface area contributed by atoms with Gasteiger partial charge in [-0.05, 0) is 61.5 Å². The largest absolute Gasteiger partial charge is 0.464 e. The fourth-order valence-corrected chi connectivity index (χ4v) is 3.28. The van der Waals surface area contributed by atoms with Crippen molar-refractivity contribution in [1.82, 2.24) is 10.2 Å². The maximum absolute atomic E-state index is 12.4. The zero-order chi connectivity index (χ0) is 16.5. The number of rotatable bonds is 3. The minimum absolute atomic E-state index is 0.00661. The first-order valence-corrected chi connectivity index (χ1v) is 8.26. The first-order chi connectivity index (χ1) is 11.7. The molecule has 1 atom stereocenters. The van der Waals surface area contributed by atoms with Crippen molar-refractivity contribution in [3.63, 3.8) is 0 Å². The Bertz CT molecular complexity index is 867. The van der Waals surface area contributed by atoms with Gasteiger partial charge in [-0.15, -0.1) is 0 Å². The van der Waals surface area contributed by atoms with E-state index >= 15 is 0 Å². The number of hydrogen-bond donors (Lipinski definition) is 1. The van der Waals surface area contributed by atoms with E-state index in [1.807, 2.05) is 42.5 Å². The second-order valence-electron chi connectivity index (χ2n) is 6.47. The highest BCUT2D eigenvalue weighted by Gasteiger charge is 2.21. The van der Waals surface area contributed by atoms with Crippen LogP contribution >= 0.6 is 0 Å². The second-order valence-corrected chi connectivity index (χ2v) is 6.47. The molecule has 2 heterocycles. The molecule has 1 saturated heterocycles. The number of likely N-dealkylation sites (N-methyl/N-ethyl adjacent to an activating group) is 1. The van der Waals surface area contributed by atoms with Gasteiger partial charge in [0.1, 0.15) is 5.58 Å². The summed E-state index contributed by atoms with van der Waals surface area (Å²) in [6.45, 7) is 1.97. The summed E-state index contributed by atoms with van der Waals surface area (Å²) >= 11 is 0. The van der Waals surface area contributed by atoms with Crippen LogP contribution in [0.25, 0.3) is 22.1 Å².